The van der Waals surface area contributed by atoms with Gasteiger partial charge < -0.3 is 14.1 Å². The number of aryl methyl sites for hydroxylation is 1. The molecule has 0 unspecified atom stereocenters. The maximum atomic E-state index is 12.1. The van der Waals surface area contributed by atoms with E-state index in [2.05, 4.69) is 15.2 Å². The van der Waals surface area contributed by atoms with E-state index in [1.165, 1.54) is 19.2 Å². The van der Waals surface area contributed by atoms with Gasteiger partial charge in [-0.1, -0.05) is 17.7 Å². The fourth-order valence-electron chi connectivity index (χ4n) is 2.28. The number of aromatic amines is 1. The molecule has 7 nitrogen and oxygen atoms in total. The molecule has 0 aliphatic heterocycles. The van der Waals surface area contributed by atoms with Crippen molar-refractivity contribution in [1.29, 1.82) is 0 Å². The second-order valence-electron chi connectivity index (χ2n) is 5.72. The van der Waals surface area contributed by atoms with E-state index >= 15 is 0 Å². The van der Waals surface area contributed by atoms with Crippen LogP contribution < -0.4 is 0 Å². The molecule has 3 aromatic rings. The number of esters is 1. The number of H-pyrrole nitrogens is 1. The minimum absolute atomic E-state index is 0.136. The van der Waals surface area contributed by atoms with Crippen LogP contribution in [0.15, 0.2) is 40.9 Å². The first-order valence-corrected chi connectivity index (χ1v) is 7.75. The number of aromatic nitrogens is 3. The zero-order chi connectivity index (χ0) is 18.0. The van der Waals surface area contributed by atoms with E-state index in [9.17, 15) is 9.59 Å². The second-order valence-corrected chi connectivity index (χ2v) is 5.72. The topological polar surface area (TPSA) is 98.1 Å². The van der Waals surface area contributed by atoms with E-state index in [4.69, 9.17) is 9.15 Å². The lowest BCUT2D eigenvalue weighted by atomic mass is 10.1. The average Bonchev–Trinajstić information content (AvgIpc) is 3.24. The molecule has 0 spiro atoms. The Morgan fingerprint density at radius 1 is 1.24 bits per heavy atom. The van der Waals surface area contributed by atoms with Crippen molar-refractivity contribution in [2.75, 3.05) is 0 Å². The van der Waals surface area contributed by atoms with Crippen LogP contribution >= 0.6 is 0 Å². The molecule has 7 heteroatoms. The number of ketones is 1. The second kappa shape index (κ2) is 6.72. The summed E-state index contributed by atoms with van der Waals surface area (Å²) in [5.74, 6) is -0.179. The number of hydrogen-bond donors (Lipinski definition) is 1. The number of Topliss-reactive ketones (excluding diaryl/α,β-unsaturated/α-hetero) is 1. The van der Waals surface area contributed by atoms with Crippen molar-refractivity contribution in [3.05, 3.63) is 59.2 Å². The number of carbonyl (C=O) groups is 2. The van der Waals surface area contributed by atoms with Crippen molar-refractivity contribution in [3.63, 3.8) is 0 Å². The van der Waals surface area contributed by atoms with Crippen molar-refractivity contribution in [3.8, 4) is 11.5 Å². The van der Waals surface area contributed by atoms with Gasteiger partial charge in [-0.15, -0.1) is 10.2 Å². The molecule has 0 saturated heterocycles. The third-order valence-electron chi connectivity index (χ3n) is 3.65. The minimum atomic E-state index is -0.720. The van der Waals surface area contributed by atoms with Gasteiger partial charge in [0.25, 0.3) is 5.89 Å². The maximum absolute atomic E-state index is 12.1. The fourth-order valence-corrected chi connectivity index (χ4v) is 2.28. The Bertz CT molecular complexity index is 926. The Hall–Kier alpha value is -3.22. The third kappa shape index (κ3) is 3.65. The summed E-state index contributed by atoms with van der Waals surface area (Å²) in [5.41, 5.74) is 2.48. The molecule has 0 bridgehead atoms. The van der Waals surface area contributed by atoms with Gasteiger partial charge >= 0.3 is 5.97 Å². The highest BCUT2D eigenvalue weighted by Crippen LogP contribution is 2.23. The standard InChI is InChI=1S/C18H17N3O4/c1-10-5-4-6-13(7-10)17-21-20-16(25-17)12(3)24-18(23)15-8-14(9-19-15)11(2)22/h4-9,12,19H,1-3H3/t12-/m0/s1. The molecule has 0 aliphatic rings. The lowest BCUT2D eigenvalue weighted by molar-refractivity contribution is 0.0273. The van der Waals surface area contributed by atoms with Crippen LogP contribution in [0, 0.1) is 6.92 Å². The predicted molar refractivity (Wildman–Crippen MR) is 89.1 cm³/mol. The Morgan fingerprint density at radius 2 is 2.04 bits per heavy atom. The van der Waals surface area contributed by atoms with E-state index < -0.39 is 12.1 Å². The molecule has 0 amide bonds. The van der Waals surface area contributed by atoms with Crippen LogP contribution in [0.4, 0.5) is 0 Å². The number of nitrogens with one attached hydrogen (secondary N) is 1. The summed E-state index contributed by atoms with van der Waals surface area (Å²) >= 11 is 0. The van der Waals surface area contributed by atoms with Crippen molar-refractivity contribution in [2.24, 2.45) is 0 Å². The number of ether oxygens (including phenoxy) is 1. The SMILES string of the molecule is CC(=O)c1c[nH]c(C(=O)O[C@@H](C)c2nnc(-c3cccc(C)c3)o2)c1. The largest absolute Gasteiger partial charge is 0.448 e. The molecular weight excluding hydrogens is 322 g/mol. The van der Waals surface area contributed by atoms with Crippen LogP contribution in [0.3, 0.4) is 0 Å². The summed E-state index contributed by atoms with van der Waals surface area (Å²) in [6.45, 7) is 5.03. The number of rotatable bonds is 5. The van der Waals surface area contributed by atoms with Gasteiger partial charge in [-0.25, -0.2) is 4.79 Å². The van der Waals surface area contributed by atoms with Gasteiger partial charge in [-0.05, 0) is 39.0 Å². The molecule has 0 aliphatic carbocycles. The zero-order valence-electron chi connectivity index (χ0n) is 14.1. The van der Waals surface area contributed by atoms with Gasteiger partial charge in [0.2, 0.25) is 5.89 Å². The molecule has 1 aromatic carbocycles. The first kappa shape index (κ1) is 16.6. The fraction of sp³-hybridized carbons (Fsp3) is 0.222. The van der Waals surface area contributed by atoms with Crippen LogP contribution in [0.2, 0.25) is 0 Å². The first-order valence-electron chi connectivity index (χ1n) is 7.75. The highest BCUT2D eigenvalue weighted by atomic mass is 16.6. The molecule has 1 atom stereocenters. The monoisotopic (exact) mass is 339 g/mol. The van der Waals surface area contributed by atoms with Crippen LogP contribution in [0.25, 0.3) is 11.5 Å². The lowest BCUT2D eigenvalue weighted by Gasteiger charge is -2.08. The van der Waals surface area contributed by atoms with Gasteiger partial charge in [0.1, 0.15) is 5.69 Å². The van der Waals surface area contributed by atoms with Gasteiger partial charge in [0.05, 0.1) is 0 Å². The molecule has 0 radical (unpaired) electrons. The average molecular weight is 339 g/mol. The molecule has 0 fully saturated rings. The molecule has 2 heterocycles. The number of benzene rings is 1. The molecule has 128 valence electrons. The Kier molecular flexibility index (Phi) is 4.47. The quantitative estimate of drug-likeness (QED) is 0.564. The van der Waals surface area contributed by atoms with Gasteiger partial charge in [0.15, 0.2) is 11.9 Å². The summed E-state index contributed by atoms with van der Waals surface area (Å²) < 4.78 is 10.9. The molecule has 0 saturated carbocycles. The lowest BCUT2D eigenvalue weighted by Crippen LogP contribution is -2.10. The number of carbonyl (C=O) groups excluding carboxylic acids is 2. The summed E-state index contributed by atoms with van der Waals surface area (Å²) in [6, 6.07) is 9.11. The molecule has 1 N–H and O–H groups in total. The Morgan fingerprint density at radius 3 is 2.72 bits per heavy atom. The predicted octanol–water partition coefficient (Wildman–Crippen LogP) is 3.49. The smallest absolute Gasteiger partial charge is 0.355 e. The Balaban J connectivity index is 1.72. The Labute approximate surface area is 144 Å². The molecule has 2 aromatic heterocycles. The summed E-state index contributed by atoms with van der Waals surface area (Å²) in [7, 11) is 0. The van der Waals surface area contributed by atoms with Gasteiger partial charge in [-0.2, -0.15) is 0 Å². The maximum Gasteiger partial charge on any atom is 0.355 e. The van der Waals surface area contributed by atoms with E-state index in [1.54, 1.807) is 6.92 Å². The van der Waals surface area contributed by atoms with Gasteiger partial charge in [-0.3, -0.25) is 4.79 Å². The summed E-state index contributed by atoms with van der Waals surface area (Å²) in [5, 5.41) is 7.94. The van der Waals surface area contributed by atoms with E-state index in [0.29, 0.717) is 11.5 Å². The molecular formula is C18H17N3O4. The van der Waals surface area contributed by atoms with Crippen molar-refractivity contribution in [1.82, 2.24) is 15.2 Å². The van der Waals surface area contributed by atoms with Crippen LogP contribution in [0.5, 0.6) is 0 Å². The minimum Gasteiger partial charge on any atom is -0.448 e. The summed E-state index contributed by atoms with van der Waals surface area (Å²) in [4.78, 5) is 26.1. The summed E-state index contributed by atoms with van der Waals surface area (Å²) in [6.07, 6.45) is 0.745. The van der Waals surface area contributed by atoms with E-state index in [-0.39, 0.29) is 17.4 Å². The highest BCUT2D eigenvalue weighted by molar-refractivity contribution is 5.97. The number of nitrogens with zero attached hydrogens (tertiary/aromatic N) is 2. The van der Waals surface area contributed by atoms with Crippen molar-refractivity contribution in [2.45, 2.75) is 26.9 Å². The van der Waals surface area contributed by atoms with Gasteiger partial charge in [0, 0.05) is 17.3 Å². The number of hydrogen-bond acceptors (Lipinski definition) is 6. The van der Waals surface area contributed by atoms with Crippen molar-refractivity contribution >= 4 is 11.8 Å². The van der Waals surface area contributed by atoms with E-state index in [1.807, 2.05) is 31.2 Å². The van der Waals surface area contributed by atoms with Crippen LogP contribution in [0.1, 0.15) is 52.3 Å². The van der Waals surface area contributed by atoms with E-state index in [0.717, 1.165) is 11.1 Å². The highest BCUT2D eigenvalue weighted by Gasteiger charge is 2.21. The van der Waals surface area contributed by atoms with Crippen LogP contribution in [-0.2, 0) is 4.74 Å². The normalized spacial score (nSPS) is 12.0. The van der Waals surface area contributed by atoms with Crippen molar-refractivity contribution < 1.29 is 18.7 Å². The third-order valence-corrected chi connectivity index (χ3v) is 3.65. The zero-order valence-corrected chi connectivity index (χ0v) is 14.1. The molecule has 3 rings (SSSR count). The molecule has 25 heavy (non-hydrogen) atoms. The van der Waals surface area contributed by atoms with Crippen LogP contribution in [-0.4, -0.2) is 26.9 Å². The first-order chi connectivity index (χ1) is 11.9.